The molecule has 0 saturated heterocycles. The molecule has 0 N–H and O–H groups in total. The molecule has 3 aliphatic rings. The van der Waals surface area contributed by atoms with Gasteiger partial charge in [0.25, 0.3) is 0 Å². The van der Waals surface area contributed by atoms with Gasteiger partial charge >= 0.3 is 0 Å². The van der Waals surface area contributed by atoms with Crippen molar-refractivity contribution >= 4 is 5.71 Å². The van der Waals surface area contributed by atoms with Crippen LogP contribution in [-0.2, 0) is 12.8 Å². The molecule has 104 valence electrons. The Morgan fingerprint density at radius 1 is 0.900 bits per heavy atom. The van der Waals surface area contributed by atoms with Gasteiger partial charge in [0.2, 0.25) is 0 Å². The minimum absolute atomic E-state index is 0.785. The highest BCUT2D eigenvalue weighted by Crippen LogP contribution is 2.35. The van der Waals surface area contributed by atoms with Crippen molar-refractivity contribution in [1.29, 1.82) is 0 Å². The third-order valence-electron chi connectivity index (χ3n) is 5.30. The first-order chi connectivity index (χ1) is 9.90. The summed E-state index contributed by atoms with van der Waals surface area (Å²) in [5, 5.41) is 0. The fourth-order valence-corrected chi connectivity index (χ4v) is 4.06. The molecule has 0 radical (unpaired) electrons. The predicted octanol–water partition coefficient (Wildman–Crippen LogP) is 4.83. The lowest BCUT2D eigenvalue weighted by Gasteiger charge is -2.28. The Balaban J connectivity index is 1.64. The first kappa shape index (κ1) is 12.4. The maximum Gasteiger partial charge on any atom is 0.0481 e. The van der Waals surface area contributed by atoms with Gasteiger partial charge in [-0.1, -0.05) is 18.6 Å². The van der Waals surface area contributed by atoms with Crippen LogP contribution in [0.1, 0.15) is 61.6 Å². The molecular weight excluding hydrogens is 242 g/mol. The highest BCUT2D eigenvalue weighted by atomic mass is 14.7. The van der Waals surface area contributed by atoms with Gasteiger partial charge in [-0.15, -0.1) is 0 Å². The minimum atomic E-state index is 0.785. The van der Waals surface area contributed by atoms with Crippen molar-refractivity contribution in [3.63, 3.8) is 0 Å². The van der Waals surface area contributed by atoms with Crippen molar-refractivity contribution in [2.24, 2.45) is 10.9 Å². The van der Waals surface area contributed by atoms with Gasteiger partial charge in [0, 0.05) is 11.9 Å². The second-order valence-electron chi connectivity index (χ2n) is 6.62. The molecule has 1 heteroatoms. The summed E-state index contributed by atoms with van der Waals surface area (Å²) >= 11 is 0. The van der Waals surface area contributed by atoms with Gasteiger partial charge in [0.05, 0.1) is 0 Å². The summed E-state index contributed by atoms with van der Waals surface area (Å²) in [5.74, 6) is 0.785. The first-order valence-electron chi connectivity index (χ1n) is 8.28. The van der Waals surface area contributed by atoms with Gasteiger partial charge in [-0.25, -0.2) is 0 Å². The Morgan fingerprint density at radius 2 is 1.75 bits per heavy atom. The van der Waals surface area contributed by atoms with E-state index < -0.39 is 0 Å². The largest absolute Gasteiger partial charge is 0.261 e. The number of aliphatic imine (C=N–C) groups is 1. The van der Waals surface area contributed by atoms with E-state index in [-0.39, 0.29) is 0 Å². The number of fused-ring (bicyclic) bond motifs is 2. The molecule has 0 bridgehead atoms. The topological polar surface area (TPSA) is 12.4 Å². The van der Waals surface area contributed by atoms with Gasteiger partial charge in [0.1, 0.15) is 0 Å². The molecule has 1 aliphatic heterocycles. The average molecular weight is 265 g/mol. The molecule has 0 spiro atoms. The number of allylic oxidation sites excluding steroid dienone is 1. The highest BCUT2D eigenvalue weighted by molar-refractivity contribution is 6.02. The number of nitrogens with zero attached hydrogens (tertiary/aromatic N) is 1. The molecule has 1 heterocycles. The molecular formula is C19H23N. The summed E-state index contributed by atoms with van der Waals surface area (Å²) in [4.78, 5) is 4.79. The Labute approximate surface area is 121 Å². The van der Waals surface area contributed by atoms with Crippen molar-refractivity contribution in [2.75, 3.05) is 0 Å². The van der Waals surface area contributed by atoms with Gasteiger partial charge in [-0.2, -0.15) is 0 Å². The van der Waals surface area contributed by atoms with E-state index in [1.54, 1.807) is 16.7 Å². The smallest absolute Gasteiger partial charge is 0.0481 e. The van der Waals surface area contributed by atoms with E-state index >= 15 is 0 Å². The molecule has 1 fully saturated rings. The zero-order valence-corrected chi connectivity index (χ0v) is 12.2. The van der Waals surface area contributed by atoms with E-state index in [0.29, 0.717) is 0 Å². The molecule has 1 unspecified atom stereocenters. The second kappa shape index (κ2) is 5.20. The third kappa shape index (κ3) is 2.24. The van der Waals surface area contributed by atoms with Crippen molar-refractivity contribution in [2.45, 2.75) is 57.8 Å². The van der Waals surface area contributed by atoms with Gasteiger partial charge < -0.3 is 0 Å². The zero-order chi connectivity index (χ0) is 13.4. The zero-order valence-electron chi connectivity index (χ0n) is 12.2. The molecule has 1 nitrogen and oxygen atoms in total. The van der Waals surface area contributed by atoms with Crippen LogP contribution < -0.4 is 0 Å². The molecule has 0 amide bonds. The summed E-state index contributed by atoms with van der Waals surface area (Å²) in [6, 6.07) is 7.09. The molecule has 1 saturated carbocycles. The van der Waals surface area contributed by atoms with Gasteiger partial charge in [-0.05, 0) is 85.6 Å². The maximum atomic E-state index is 4.79. The number of hydrogen-bond acceptors (Lipinski definition) is 1. The van der Waals surface area contributed by atoms with E-state index in [9.17, 15) is 0 Å². The van der Waals surface area contributed by atoms with Crippen LogP contribution in [-0.4, -0.2) is 5.71 Å². The van der Waals surface area contributed by atoms with Crippen molar-refractivity contribution in [1.82, 2.24) is 0 Å². The quantitative estimate of drug-likeness (QED) is 0.689. The lowest BCUT2D eigenvalue weighted by molar-refractivity contribution is 0.459. The molecule has 1 atom stereocenters. The first-order valence-corrected chi connectivity index (χ1v) is 8.28. The van der Waals surface area contributed by atoms with Crippen LogP contribution in [0.25, 0.3) is 0 Å². The van der Waals surface area contributed by atoms with Crippen molar-refractivity contribution in [3.05, 3.63) is 46.7 Å². The fourth-order valence-electron chi connectivity index (χ4n) is 4.06. The number of rotatable bonds is 1. The van der Waals surface area contributed by atoms with Crippen LogP contribution in [0.2, 0.25) is 0 Å². The average Bonchev–Trinajstić information content (AvgIpc) is 2.54. The van der Waals surface area contributed by atoms with Crippen LogP contribution in [0.5, 0.6) is 0 Å². The summed E-state index contributed by atoms with van der Waals surface area (Å²) in [7, 11) is 0. The van der Waals surface area contributed by atoms with Crippen LogP contribution >= 0.6 is 0 Å². The molecule has 4 rings (SSSR count). The van der Waals surface area contributed by atoms with E-state index in [1.807, 2.05) is 0 Å². The van der Waals surface area contributed by atoms with Gasteiger partial charge in [0.15, 0.2) is 0 Å². The number of benzene rings is 1. The minimum Gasteiger partial charge on any atom is -0.261 e. The predicted molar refractivity (Wildman–Crippen MR) is 84.3 cm³/mol. The van der Waals surface area contributed by atoms with E-state index in [0.717, 1.165) is 5.92 Å². The molecule has 20 heavy (non-hydrogen) atoms. The Bertz CT molecular complexity index is 579. The Kier molecular flexibility index (Phi) is 3.22. The summed E-state index contributed by atoms with van der Waals surface area (Å²) in [5.41, 5.74) is 7.47. The van der Waals surface area contributed by atoms with E-state index in [1.165, 1.54) is 69.1 Å². The molecule has 2 aliphatic carbocycles. The van der Waals surface area contributed by atoms with Crippen LogP contribution in [0.4, 0.5) is 0 Å². The van der Waals surface area contributed by atoms with Crippen molar-refractivity contribution in [3.8, 4) is 0 Å². The maximum absolute atomic E-state index is 4.79. The highest BCUT2D eigenvalue weighted by Gasteiger charge is 2.24. The van der Waals surface area contributed by atoms with Crippen LogP contribution in [0.3, 0.4) is 0 Å². The standard InChI is InChI=1S/C19H23N/c1-2-6-15-11-17(10-9-14(15)5-1)19-12-16-7-3-4-8-18(16)13-20-19/h9-11,13,16H,1-8,12H2. The van der Waals surface area contributed by atoms with Gasteiger partial charge in [-0.3, -0.25) is 4.99 Å². The summed E-state index contributed by atoms with van der Waals surface area (Å²) < 4.78 is 0. The van der Waals surface area contributed by atoms with E-state index in [2.05, 4.69) is 24.4 Å². The Hall–Kier alpha value is -1.37. The summed E-state index contributed by atoms with van der Waals surface area (Å²) in [6.07, 6.45) is 14.0. The lowest BCUT2D eigenvalue weighted by Crippen LogP contribution is -2.19. The monoisotopic (exact) mass is 265 g/mol. The lowest BCUT2D eigenvalue weighted by atomic mass is 9.79. The second-order valence-corrected chi connectivity index (χ2v) is 6.62. The van der Waals surface area contributed by atoms with Crippen LogP contribution in [0.15, 0.2) is 35.0 Å². The van der Waals surface area contributed by atoms with Crippen LogP contribution in [0, 0.1) is 5.92 Å². The van der Waals surface area contributed by atoms with Crippen molar-refractivity contribution < 1.29 is 0 Å². The summed E-state index contributed by atoms with van der Waals surface area (Å²) in [6.45, 7) is 0. The molecule has 1 aromatic carbocycles. The number of hydrogen-bond donors (Lipinski definition) is 0. The molecule has 0 aromatic heterocycles. The SMILES string of the molecule is C1=C2CCCCC2CC(c2ccc3c(c2)CCCC3)=N1. The number of aryl methyl sites for hydroxylation is 2. The Morgan fingerprint density at radius 3 is 2.70 bits per heavy atom. The normalized spacial score (nSPS) is 25.3. The fraction of sp³-hybridized carbons (Fsp3) is 0.526. The van der Waals surface area contributed by atoms with E-state index in [4.69, 9.17) is 4.99 Å². The third-order valence-corrected chi connectivity index (χ3v) is 5.30. The molecule has 1 aromatic rings.